The number of hydrogen-bond donors (Lipinski definition) is 1. The van der Waals surface area contributed by atoms with Gasteiger partial charge in [-0.1, -0.05) is 41.9 Å². The number of thiazole rings is 1. The molecule has 0 amide bonds. The standard InChI is InChI=1S/C17H23BrN2S/c1-12(2)19-10-15(14-5-4-6-16(18)9-14)7-8-17-13(3)20-11-21-17/h4-6,9,11-12,15,19H,7-8,10H2,1-3H3. The van der Waals surface area contributed by atoms with Crippen LogP contribution in [-0.2, 0) is 6.42 Å². The lowest BCUT2D eigenvalue weighted by Gasteiger charge is -2.20. The van der Waals surface area contributed by atoms with Gasteiger partial charge in [0.15, 0.2) is 0 Å². The lowest BCUT2D eigenvalue weighted by atomic mass is 9.93. The third kappa shape index (κ3) is 5.20. The number of halogens is 1. The Morgan fingerprint density at radius 2 is 2.14 bits per heavy atom. The largest absolute Gasteiger partial charge is 0.314 e. The first kappa shape index (κ1) is 16.7. The van der Waals surface area contributed by atoms with Crippen LogP contribution in [0.3, 0.4) is 0 Å². The molecule has 0 spiro atoms. The van der Waals surface area contributed by atoms with Crippen LogP contribution in [0.1, 0.15) is 42.3 Å². The van der Waals surface area contributed by atoms with Crippen LogP contribution in [0, 0.1) is 6.92 Å². The predicted octanol–water partition coefficient (Wildman–Crippen LogP) is 4.93. The molecule has 1 unspecified atom stereocenters. The van der Waals surface area contributed by atoms with E-state index in [9.17, 15) is 0 Å². The Morgan fingerprint density at radius 3 is 2.76 bits per heavy atom. The van der Waals surface area contributed by atoms with Crippen molar-refractivity contribution in [3.8, 4) is 0 Å². The highest BCUT2D eigenvalue weighted by Gasteiger charge is 2.14. The second kappa shape index (κ2) is 8.06. The molecule has 1 atom stereocenters. The third-order valence-electron chi connectivity index (χ3n) is 3.66. The minimum Gasteiger partial charge on any atom is -0.314 e. The van der Waals surface area contributed by atoms with Crippen molar-refractivity contribution in [2.45, 2.75) is 45.6 Å². The zero-order valence-electron chi connectivity index (χ0n) is 12.9. The van der Waals surface area contributed by atoms with Gasteiger partial charge in [0.25, 0.3) is 0 Å². The monoisotopic (exact) mass is 366 g/mol. The molecule has 21 heavy (non-hydrogen) atoms. The molecule has 0 saturated heterocycles. The molecule has 4 heteroatoms. The van der Waals surface area contributed by atoms with Crippen molar-refractivity contribution < 1.29 is 0 Å². The fraction of sp³-hybridized carbons (Fsp3) is 0.471. The van der Waals surface area contributed by atoms with Gasteiger partial charge in [-0.2, -0.15) is 0 Å². The smallest absolute Gasteiger partial charge is 0.0797 e. The Kier molecular flexibility index (Phi) is 6.40. The number of aromatic nitrogens is 1. The van der Waals surface area contributed by atoms with Crippen LogP contribution < -0.4 is 5.32 Å². The van der Waals surface area contributed by atoms with Crippen LogP contribution in [0.2, 0.25) is 0 Å². The molecule has 0 bridgehead atoms. The van der Waals surface area contributed by atoms with E-state index in [1.165, 1.54) is 16.1 Å². The summed E-state index contributed by atoms with van der Waals surface area (Å²) in [4.78, 5) is 5.77. The number of nitrogens with zero attached hydrogens (tertiary/aromatic N) is 1. The van der Waals surface area contributed by atoms with Crippen LogP contribution in [-0.4, -0.2) is 17.6 Å². The molecule has 0 aliphatic carbocycles. The van der Waals surface area contributed by atoms with Gasteiger partial charge in [0, 0.05) is 21.9 Å². The summed E-state index contributed by atoms with van der Waals surface area (Å²) in [6, 6.07) is 9.21. The zero-order chi connectivity index (χ0) is 15.2. The topological polar surface area (TPSA) is 24.9 Å². The zero-order valence-corrected chi connectivity index (χ0v) is 15.3. The first-order chi connectivity index (χ1) is 10.1. The molecular weight excluding hydrogens is 344 g/mol. The molecule has 114 valence electrons. The van der Waals surface area contributed by atoms with Gasteiger partial charge in [-0.05, 0) is 43.4 Å². The Morgan fingerprint density at radius 1 is 1.33 bits per heavy atom. The molecule has 0 fully saturated rings. The van der Waals surface area contributed by atoms with Crippen molar-refractivity contribution in [1.82, 2.24) is 10.3 Å². The van der Waals surface area contributed by atoms with E-state index in [2.05, 4.69) is 71.3 Å². The average Bonchev–Trinajstić information content (AvgIpc) is 2.84. The summed E-state index contributed by atoms with van der Waals surface area (Å²) in [5.41, 5.74) is 4.54. The normalized spacial score (nSPS) is 12.8. The van der Waals surface area contributed by atoms with Gasteiger partial charge in [-0.3, -0.25) is 0 Å². The number of hydrogen-bond acceptors (Lipinski definition) is 3. The van der Waals surface area contributed by atoms with Gasteiger partial charge in [0.1, 0.15) is 0 Å². The first-order valence-electron chi connectivity index (χ1n) is 7.44. The van der Waals surface area contributed by atoms with E-state index in [4.69, 9.17) is 0 Å². The summed E-state index contributed by atoms with van der Waals surface area (Å²) in [5, 5.41) is 3.58. The lowest BCUT2D eigenvalue weighted by molar-refractivity contribution is 0.509. The van der Waals surface area contributed by atoms with E-state index in [0.29, 0.717) is 12.0 Å². The molecule has 0 radical (unpaired) electrons. The second-order valence-electron chi connectivity index (χ2n) is 5.71. The highest BCUT2D eigenvalue weighted by molar-refractivity contribution is 9.10. The molecule has 1 heterocycles. The Bertz CT molecular complexity index is 565. The lowest BCUT2D eigenvalue weighted by Crippen LogP contribution is -2.28. The van der Waals surface area contributed by atoms with Gasteiger partial charge < -0.3 is 5.32 Å². The Balaban J connectivity index is 2.06. The van der Waals surface area contributed by atoms with E-state index < -0.39 is 0 Å². The number of aryl methyl sites for hydroxylation is 2. The summed E-state index contributed by atoms with van der Waals surface area (Å²) >= 11 is 5.36. The predicted molar refractivity (Wildman–Crippen MR) is 95.2 cm³/mol. The fourth-order valence-electron chi connectivity index (χ4n) is 2.40. The second-order valence-corrected chi connectivity index (χ2v) is 7.57. The molecule has 1 aromatic heterocycles. The molecule has 0 saturated carbocycles. The molecule has 2 nitrogen and oxygen atoms in total. The first-order valence-corrected chi connectivity index (χ1v) is 9.11. The summed E-state index contributed by atoms with van der Waals surface area (Å²) in [6.07, 6.45) is 2.26. The highest BCUT2D eigenvalue weighted by atomic mass is 79.9. The highest BCUT2D eigenvalue weighted by Crippen LogP contribution is 2.26. The Hall–Kier alpha value is -0.710. The molecule has 1 aromatic carbocycles. The van der Waals surface area contributed by atoms with Crippen molar-refractivity contribution >= 4 is 27.3 Å². The summed E-state index contributed by atoms with van der Waals surface area (Å²) < 4.78 is 1.16. The summed E-state index contributed by atoms with van der Waals surface area (Å²) in [6.45, 7) is 7.52. The van der Waals surface area contributed by atoms with E-state index in [1.54, 1.807) is 11.3 Å². The van der Waals surface area contributed by atoms with Crippen LogP contribution in [0.4, 0.5) is 0 Å². The summed E-state index contributed by atoms with van der Waals surface area (Å²) in [7, 11) is 0. The van der Waals surface area contributed by atoms with Crippen molar-refractivity contribution in [3.63, 3.8) is 0 Å². The maximum Gasteiger partial charge on any atom is 0.0797 e. The molecule has 0 aliphatic heterocycles. The van der Waals surface area contributed by atoms with E-state index >= 15 is 0 Å². The number of nitrogens with one attached hydrogen (secondary N) is 1. The van der Waals surface area contributed by atoms with Gasteiger partial charge in [-0.15, -0.1) is 11.3 Å². The number of rotatable bonds is 7. The van der Waals surface area contributed by atoms with Crippen LogP contribution >= 0.6 is 27.3 Å². The maximum atomic E-state index is 4.35. The minimum absolute atomic E-state index is 0.518. The fourth-order valence-corrected chi connectivity index (χ4v) is 3.61. The third-order valence-corrected chi connectivity index (χ3v) is 5.15. The van der Waals surface area contributed by atoms with Crippen LogP contribution in [0.25, 0.3) is 0 Å². The Labute approximate surface area is 140 Å². The van der Waals surface area contributed by atoms with Gasteiger partial charge in [0.2, 0.25) is 0 Å². The van der Waals surface area contributed by atoms with Crippen molar-refractivity contribution in [2.24, 2.45) is 0 Å². The van der Waals surface area contributed by atoms with Gasteiger partial charge in [0.05, 0.1) is 11.2 Å². The summed E-state index contributed by atoms with van der Waals surface area (Å²) in [5.74, 6) is 0.534. The average molecular weight is 367 g/mol. The van der Waals surface area contributed by atoms with E-state index in [1.807, 2.05) is 5.51 Å². The SMILES string of the molecule is Cc1ncsc1CCC(CNC(C)C)c1cccc(Br)c1. The molecule has 1 N–H and O–H groups in total. The quantitative estimate of drug-likeness (QED) is 0.751. The molecule has 2 rings (SSSR count). The van der Waals surface area contributed by atoms with E-state index in [-0.39, 0.29) is 0 Å². The number of benzene rings is 1. The van der Waals surface area contributed by atoms with Crippen LogP contribution in [0.15, 0.2) is 34.2 Å². The molecule has 0 aliphatic rings. The van der Waals surface area contributed by atoms with Gasteiger partial charge in [-0.25, -0.2) is 4.98 Å². The van der Waals surface area contributed by atoms with E-state index in [0.717, 1.165) is 23.9 Å². The maximum absolute atomic E-state index is 4.35. The molecular formula is C17H23BrN2S. The van der Waals surface area contributed by atoms with Crippen LogP contribution in [0.5, 0.6) is 0 Å². The van der Waals surface area contributed by atoms with Crippen molar-refractivity contribution in [2.75, 3.05) is 6.54 Å². The van der Waals surface area contributed by atoms with Gasteiger partial charge >= 0.3 is 0 Å². The molecule has 2 aromatic rings. The van der Waals surface area contributed by atoms with Crippen molar-refractivity contribution in [3.05, 3.63) is 50.4 Å². The minimum atomic E-state index is 0.518. The van der Waals surface area contributed by atoms with Crippen molar-refractivity contribution in [1.29, 1.82) is 0 Å².